The van der Waals surface area contributed by atoms with Gasteiger partial charge in [0.05, 0.1) is 13.5 Å². The summed E-state index contributed by atoms with van der Waals surface area (Å²) >= 11 is 0. The van der Waals surface area contributed by atoms with Crippen molar-refractivity contribution < 1.29 is 9.53 Å². The number of methoxy groups -OCH3 is 1. The highest BCUT2D eigenvalue weighted by molar-refractivity contribution is 5.69. The van der Waals surface area contributed by atoms with Gasteiger partial charge < -0.3 is 15.0 Å². The van der Waals surface area contributed by atoms with Crippen molar-refractivity contribution >= 4 is 5.97 Å². The summed E-state index contributed by atoms with van der Waals surface area (Å²) in [5.74, 6) is 0.639. The average molecular weight is 200 g/mol. The zero-order chi connectivity index (χ0) is 10.4. The van der Waals surface area contributed by atoms with Crippen LogP contribution < -0.4 is 5.32 Å². The third kappa shape index (κ3) is 3.64. The summed E-state index contributed by atoms with van der Waals surface area (Å²) in [4.78, 5) is 13.2. The molecular formula is C10H20N2O2. The molecule has 1 unspecified atom stereocenters. The van der Waals surface area contributed by atoms with E-state index < -0.39 is 0 Å². The van der Waals surface area contributed by atoms with Crippen LogP contribution in [0.5, 0.6) is 0 Å². The number of esters is 1. The van der Waals surface area contributed by atoms with Gasteiger partial charge in [-0.2, -0.15) is 0 Å². The van der Waals surface area contributed by atoms with Crippen LogP contribution in [-0.4, -0.2) is 51.2 Å². The fourth-order valence-corrected chi connectivity index (χ4v) is 1.92. The molecule has 1 saturated heterocycles. The third-order valence-corrected chi connectivity index (χ3v) is 2.72. The Morgan fingerprint density at radius 3 is 3.07 bits per heavy atom. The fraction of sp³-hybridized carbons (Fsp3) is 0.900. The zero-order valence-corrected chi connectivity index (χ0v) is 9.08. The molecule has 1 aliphatic rings. The molecule has 0 aromatic carbocycles. The average Bonchev–Trinajstić information content (AvgIpc) is 2.63. The van der Waals surface area contributed by atoms with Crippen molar-refractivity contribution in [2.24, 2.45) is 5.92 Å². The monoisotopic (exact) mass is 200 g/mol. The maximum Gasteiger partial charge on any atom is 0.306 e. The Balaban J connectivity index is 2.13. The second kappa shape index (κ2) is 5.98. The normalized spacial score (nSPS) is 22.6. The number of carbonyl (C=O) groups excluding carboxylic acids is 1. The SMILES string of the molecule is CNCC1CCN(CCC(=O)OC)C1. The Morgan fingerprint density at radius 1 is 1.64 bits per heavy atom. The molecule has 0 spiro atoms. The van der Waals surface area contributed by atoms with Crippen molar-refractivity contribution in [3.63, 3.8) is 0 Å². The molecule has 0 saturated carbocycles. The van der Waals surface area contributed by atoms with Crippen LogP contribution in [0.15, 0.2) is 0 Å². The van der Waals surface area contributed by atoms with E-state index in [-0.39, 0.29) is 5.97 Å². The summed E-state index contributed by atoms with van der Waals surface area (Å²) in [7, 11) is 3.42. The zero-order valence-electron chi connectivity index (χ0n) is 9.08. The van der Waals surface area contributed by atoms with Gasteiger partial charge in [-0.25, -0.2) is 0 Å². The van der Waals surface area contributed by atoms with Crippen molar-refractivity contribution in [3.05, 3.63) is 0 Å². The van der Waals surface area contributed by atoms with Crippen LogP contribution >= 0.6 is 0 Å². The molecule has 1 atom stereocenters. The van der Waals surface area contributed by atoms with E-state index >= 15 is 0 Å². The van der Waals surface area contributed by atoms with Crippen molar-refractivity contribution in [2.75, 3.05) is 40.3 Å². The van der Waals surface area contributed by atoms with Gasteiger partial charge in [0, 0.05) is 13.1 Å². The van der Waals surface area contributed by atoms with Crippen LogP contribution in [0.25, 0.3) is 0 Å². The molecule has 0 aromatic rings. The minimum Gasteiger partial charge on any atom is -0.469 e. The molecule has 4 nitrogen and oxygen atoms in total. The number of rotatable bonds is 5. The van der Waals surface area contributed by atoms with Gasteiger partial charge in [-0.15, -0.1) is 0 Å². The predicted octanol–water partition coefficient (Wildman–Crippen LogP) is 0.0908. The van der Waals surface area contributed by atoms with Gasteiger partial charge in [0.15, 0.2) is 0 Å². The van der Waals surface area contributed by atoms with E-state index in [0.29, 0.717) is 6.42 Å². The fourth-order valence-electron chi connectivity index (χ4n) is 1.92. The number of likely N-dealkylation sites (tertiary alicyclic amines) is 1. The molecule has 1 rings (SSSR count). The van der Waals surface area contributed by atoms with E-state index in [1.807, 2.05) is 7.05 Å². The molecule has 1 heterocycles. The van der Waals surface area contributed by atoms with Gasteiger partial charge in [-0.1, -0.05) is 0 Å². The van der Waals surface area contributed by atoms with Crippen LogP contribution in [0, 0.1) is 5.92 Å². The van der Waals surface area contributed by atoms with Crippen LogP contribution in [0.2, 0.25) is 0 Å². The summed E-state index contributed by atoms with van der Waals surface area (Å²) in [6, 6.07) is 0. The molecule has 1 fully saturated rings. The van der Waals surface area contributed by atoms with E-state index in [1.54, 1.807) is 0 Å². The van der Waals surface area contributed by atoms with E-state index in [2.05, 4.69) is 15.0 Å². The quantitative estimate of drug-likeness (QED) is 0.639. The highest BCUT2D eigenvalue weighted by atomic mass is 16.5. The van der Waals surface area contributed by atoms with Gasteiger partial charge in [-0.05, 0) is 32.5 Å². The third-order valence-electron chi connectivity index (χ3n) is 2.72. The Morgan fingerprint density at radius 2 is 2.43 bits per heavy atom. The first-order chi connectivity index (χ1) is 6.76. The maximum atomic E-state index is 10.9. The van der Waals surface area contributed by atoms with Gasteiger partial charge in [0.25, 0.3) is 0 Å². The largest absolute Gasteiger partial charge is 0.469 e. The van der Waals surface area contributed by atoms with E-state index in [1.165, 1.54) is 13.5 Å². The number of carbonyl (C=O) groups is 1. The Kier molecular flexibility index (Phi) is 4.90. The molecule has 4 heteroatoms. The summed E-state index contributed by atoms with van der Waals surface area (Å²) < 4.78 is 4.61. The predicted molar refractivity (Wildman–Crippen MR) is 55.1 cm³/mol. The Hall–Kier alpha value is -0.610. The Labute approximate surface area is 85.6 Å². The second-order valence-electron chi connectivity index (χ2n) is 3.84. The van der Waals surface area contributed by atoms with E-state index in [0.717, 1.165) is 32.1 Å². The summed E-state index contributed by atoms with van der Waals surface area (Å²) in [5, 5.41) is 3.19. The summed E-state index contributed by atoms with van der Waals surface area (Å²) in [6.07, 6.45) is 1.75. The number of ether oxygens (including phenoxy) is 1. The van der Waals surface area contributed by atoms with Crippen LogP contribution in [0.4, 0.5) is 0 Å². The summed E-state index contributed by atoms with van der Waals surface area (Å²) in [6.45, 7) is 4.14. The lowest BCUT2D eigenvalue weighted by Crippen LogP contribution is -2.26. The number of nitrogens with one attached hydrogen (secondary N) is 1. The molecule has 0 aromatic heterocycles. The lowest BCUT2D eigenvalue weighted by atomic mass is 10.1. The smallest absolute Gasteiger partial charge is 0.306 e. The molecule has 14 heavy (non-hydrogen) atoms. The molecule has 1 N–H and O–H groups in total. The van der Waals surface area contributed by atoms with Crippen molar-refractivity contribution in [2.45, 2.75) is 12.8 Å². The first kappa shape index (κ1) is 11.5. The highest BCUT2D eigenvalue weighted by Gasteiger charge is 2.21. The molecule has 0 bridgehead atoms. The molecule has 82 valence electrons. The van der Waals surface area contributed by atoms with Crippen molar-refractivity contribution in [3.8, 4) is 0 Å². The Bertz CT molecular complexity index is 185. The van der Waals surface area contributed by atoms with E-state index in [4.69, 9.17) is 0 Å². The van der Waals surface area contributed by atoms with Crippen molar-refractivity contribution in [1.29, 1.82) is 0 Å². The lowest BCUT2D eigenvalue weighted by Gasteiger charge is -2.14. The summed E-state index contributed by atoms with van der Waals surface area (Å²) in [5.41, 5.74) is 0. The van der Waals surface area contributed by atoms with Crippen LogP contribution in [0.3, 0.4) is 0 Å². The molecule has 0 amide bonds. The van der Waals surface area contributed by atoms with Gasteiger partial charge in [0.1, 0.15) is 0 Å². The van der Waals surface area contributed by atoms with E-state index in [9.17, 15) is 4.79 Å². The molecule has 0 aliphatic carbocycles. The molecule has 0 radical (unpaired) electrons. The standard InChI is InChI=1S/C10H20N2O2/c1-11-7-9-3-5-12(8-9)6-4-10(13)14-2/h9,11H,3-8H2,1-2H3. The maximum absolute atomic E-state index is 10.9. The van der Waals surface area contributed by atoms with Crippen LogP contribution in [0.1, 0.15) is 12.8 Å². The van der Waals surface area contributed by atoms with Gasteiger partial charge in [0.2, 0.25) is 0 Å². The minimum atomic E-state index is -0.109. The number of hydrogen-bond donors (Lipinski definition) is 1. The van der Waals surface area contributed by atoms with Crippen molar-refractivity contribution in [1.82, 2.24) is 10.2 Å². The first-order valence-corrected chi connectivity index (χ1v) is 5.20. The highest BCUT2D eigenvalue weighted by Crippen LogP contribution is 2.15. The second-order valence-corrected chi connectivity index (χ2v) is 3.84. The topological polar surface area (TPSA) is 41.6 Å². The number of nitrogens with zero attached hydrogens (tertiary/aromatic N) is 1. The van der Waals surface area contributed by atoms with Crippen LogP contribution in [-0.2, 0) is 9.53 Å². The lowest BCUT2D eigenvalue weighted by molar-refractivity contribution is -0.140. The van der Waals surface area contributed by atoms with Gasteiger partial charge in [-0.3, -0.25) is 4.79 Å². The van der Waals surface area contributed by atoms with Gasteiger partial charge >= 0.3 is 5.97 Å². The minimum absolute atomic E-state index is 0.109. The first-order valence-electron chi connectivity index (χ1n) is 5.20. The molecular weight excluding hydrogens is 180 g/mol. The molecule has 1 aliphatic heterocycles. The number of hydrogen-bond acceptors (Lipinski definition) is 4.